The first-order chi connectivity index (χ1) is 71.0. The van der Waals surface area contributed by atoms with Gasteiger partial charge in [0.25, 0.3) is 0 Å². The van der Waals surface area contributed by atoms with Crippen LogP contribution < -0.4 is 45.5 Å². The van der Waals surface area contributed by atoms with Crippen molar-refractivity contribution >= 4 is 108 Å². The molecule has 0 spiro atoms. The van der Waals surface area contributed by atoms with Crippen LogP contribution in [0.1, 0.15) is 40.0 Å². The standard InChI is InChI=1S/2C21H14F3N5O.C20H12F6N4O.C20H12F6N4.C19H14F3N5O/c1-25-16-11-10-15(27-20(16)26-13-6-8-14(30-2)9-7-13)18-19(21(22,23)24)28-17-5-3-4-12-29(17)18;1-30-15-7-5-14(6-8-15)26-17-11-13(12-25)10-16(27-17)19-20(21(22,23)24)28-18-4-2-3-9-29(18)19;21-19(22,23)18-28-14-4-1-2-5-15(14)30(18)17-7-3-6-16(29-17)27-12-8-10-13(11-9-12)31-20(24,25)26;21-19(22,23)12-8-10-13(11-9-12)27-16-6-3-7-17(29-16)30-15-5-2-1-4-14(15)28-18(30)20(24,25)26;1-28-13-8-6-12(7-9-13)24-16-10-23-11-17(26-16)27-15-5-3-2-4-14(15)25-18(27)19(20,21)22/h3-12H,2H3,(H,26,27);2-11H,1H3,(H,26,27);1-11H,(H,27,29);1-11H,(H,27,29);2-11H,1H3,(H,24,26). The molecule has 0 saturated carbocycles. The normalized spacial score (nSPS) is 11.7. The molecule has 756 valence electrons. The van der Waals surface area contributed by atoms with E-state index in [1.807, 2.05) is 6.07 Å². The van der Waals surface area contributed by atoms with E-state index in [1.54, 1.807) is 161 Å². The number of hydrogen-bond acceptors (Lipinski definition) is 21. The number of ether oxygens (including phenoxy) is 4. The number of imidazole rings is 5. The molecule has 48 heteroatoms. The van der Waals surface area contributed by atoms with Gasteiger partial charge < -0.3 is 45.5 Å². The van der Waals surface area contributed by atoms with Gasteiger partial charge in [0.15, 0.2) is 23.0 Å². The number of alkyl halides is 21. The van der Waals surface area contributed by atoms with Crippen molar-refractivity contribution in [1.29, 1.82) is 5.26 Å². The van der Waals surface area contributed by atoms with Crippen molar-refractivity contribution in [2.75, 3.05) is 47.9 Å². The highest BCUT2D eigenvalue weighted by Crippen LogP contribution is 2.44. The van der Waals surface area contributed by atoms with Crippen LogP contribution in [-0.2, 0) is 37.1 Å². The van der Waals surface area contributed by atoms with Crippen LogP contribution in [0.5, 0.6) is 23.0 Å². The molecule has 0 aliphatic heterocycles. The minimum atomic E-state index is -4.81. The maximum atomic E-state index is 13.7. The average molecular weight is 2060 g/mol. The van der Waals surface area contributed by atoms with E-state index >= 15 is 0 Å². The number of hydrogen-bond donors (Lipinski definition) is 5. The Morgan fingerprint density at radius 1 is 0.322 bits per heavy atom. The first-order valence-corrected chi connectivity index (χ1v) is 43.1. The Morgan fingerprint density at radius 2 is 0.698 bits per heavy atom. The predicted molar refractivity (Wildman–Crippen MR) is 507 cm³/mol. The van der Waals surface area contributed by atoms with Crippen LogP contribution >= 0.6 is 0 Å². The fraction of sp³-hybridized carbons (Fsp3) is 0.0990. The van der Waals surface area contributed by atoms with Crippen LogP contribution in [0.25, 0.3) is 89.5 Å². The molecule has 0 aliphatic carbocycles. The van der Waals surface area contributed by atoms with Gasteiger partial charge in [-0.05, 0) is 224 Å². The summed E-state index contributed by atoms with van der Waals surface area (Å²) in [5, 5.41) is 24.1. The van der Waals surface area contributed by atoms with Crippen LogP contribution in [0.3, 0.4) is 0 Å². The van der Waals surface area contributed by atoms with Crippen molar-refractivity contribution in [2.45, 2.75) is 43.4 Å². The Bertz CT molecular complexity index is 8280. The zero-order valence-electron chi connectivity index (χ0n) is 76.1. The van der Waals surface area contributed by atoms with Crippen molar-refractivity contribution in [3.63, 3.8) is 0 Å². The number of fused-ring (bicyclic) bond motifs is 5. The lowest BCUT2D eigenvalue weighted by molar-refractivity contribution is -0.274. The van der Waals surface area contributed by atoms with E-state index in [0.29, 0.717) is 57.0 Å². The summed E-state index contributed by atoms with van der Waals surface area (Å²) in [6.45, 7) is 7.36. The van der Waals surface area contributed by atoms with E-state index in [-0.39, 0.29) is 114 Å². The molecule has 0 amide bonds. The largest absolute Gasteiger partial charge is 0.573 e. The number of anilines is 10. The average Bonchev–Trinajstić information content (AvgIpc) is 1.61. The fourth-order valence-corrected chi connectivity index (χ4v) is 14.8. The van der Waals surface area contributed by atoms with Gasteiger partial charge in [-0.3, -0.25) is 27.5 Å². The molecule has 5 N–H and O–H groups in total. The molecule has 12 heterocycles. The minimum Gasteiger partial charge on any atom is -0.497 e. The highest BCUT2D eigenvalue weighted by molar-refractivity contribution is 5.82. The van der Waals surface area contributed by atoms with Gasteiger partial charge in [-0.1, -0.05) is 66.7 Å². The van der Waals surface area contributed by atoms with Gasteiger partial charge in [0.05, 0.1) is 102 Å². The Morgan fingerprint density at radius 3 is 1.09 bits per heavy atom. The summed E-state index contributed by atoms with van der Waals surface area (Å²) in [7, 11) is 4.64. The Labute approximate surface area is 825 Å². The van der Waals surface area contributed by atoms with Crippen LogP contribution in [0.4, 0.5) is 155 Å². The highest BCUT2D eigenvalue weighted by atomic mass is 19.4. The second-order valence-corrected chi connectivity index (χ2v) is 31.1. The van der Waals surface area contributed by atoms with Gasteiger partial charge in [-0.25, -0.2) is 54.7 Å². The topological polar surface area (TPSA) is 291 Å². The van der Waals surface area contributed by atoms with E-state index in [4.69, 9.17) is 20.8 Å². The number of para-hydroxylation sites is 6. The first-order valence-electron chi connectivity index (χ1n) is 43.1. The predicted octanol–water partition coefficient (Wildman–Crippen LogP) is 27.6. The van der Waals surface area contributed by atoms with Crippen molar-refractivity contribution < 1.29 is 111 Å². The highest BCUT2D eigenvalue weighted by Gasteiger charge is 2.44. The summed E-state index contributed by atoms with van der Waals surface area (Å²) in [6.07, 6.45) is -27.0. The van der Waals surface area contributed by atoms with Crippen LogP contribution in [0, 0.1) is 17.9 Å². The van der Waals surface area contributed by atoms with E-state index in [9.17, 15) is 97.5 Å². The third-order valence-electron chi connectivity index (χ3n) is 21.2. The molecular formula is C101H66F21N23O4. The zero-order chi connectivity index (χ0) is 106. The molecule has 149 heavy (non-hydrogen) atoms. The van der Waals surface area contributed by atoms with E-state index in [1.165, 1.54) is 161 Å². The first kappa shape index (κ1) is 103. The zero-order valence-corrected chi connectivity index (χ0v) is 76.1. The number of nitrogens with zero attached hydrogens (tertiary/aromatic N) is 18. The minimum absolute atomic E-state index is 0.0135. The van der Waals surface area contributed by atoms with Crippen LogP contribution in [0.15, 0.2) is 316 Å². The molecule has 0 fully saturated rings. The maximum Gasteiger partial charge on any atom is 0.573 e. The summed E-state index contributed by atoms with van der Waals surface area (Å²) < 4.78 is 303. The fourth-order valence-electron chi connectivity index (χ4n) is 14.8. The molecule has 0 aliphatic rings. The molecular weight excluding hydrogens is 2000 g/mol. The maximum absolute atomic E-state index is 13.7. The third-order valence-corrected chi connectivity index (χ3v) is 21.2. The van der Waals surface area contributed by atoms with Gasteiger partial charge in [0.1, 0.15) is 80.6 Å². The summed E-state index contributed by atoms with van der Waals surface area (Å²) in [5.74, 6) is -0.729. The number of methoxy groups -OCH3 is 3. The van der Waals surface area contributed by atoms with E-state index in [2.05, 4.69) is 91.0 Å². The summed E-state index contributed by atoms with van der Waals surface area (Å²) >= 11 is 0. The van der Waals surface area contributed by atoms with Crippen LogP contribution in [0.2, 0.25) is 0 Å². The third kappa shape index (κ3) is 24.4. The van der Waals surface area contributed by atoms with Gasteiger partial charge in [0.2, 0.25) is 23.2 Å². The Balaban J connectivity index is 0.000000133. The van der Waals surface area contributed by atoms with Crippen molar-refractivity contribution in [3.05, 3.63) is 367 Å². The summed E-state index contributed by atoms with van der Waals surface area (Å²) in [4.78, 5) is 47.4. The van der Waals surface area contributed by atoms with Crippen molar-refractivity contribution in [1.82, 2.24) is 77.3 Å². The number of rotatable bonds is 19. The van der Waals surface area contributed by atoms with Gasteiger partial charge >= 0.3 is 43.4 Å². The molecule has 0 atom stereocenters. The second-order valence-electron chi connectivity index (χ2n) is 31.1. The monoisotopic (exact) mass is 2060 g/mol. The van der Waals surface area contributed by atoms with Gasteiger partial charge in [-0.2, -0.15) is 84.3 Å². The van der Waals surface area contributed by atoms with Gasteiger partial charge in [0, 0.05) is 40.8 Å². The number of benzene rings is 8. The number of halogens is 21. The Kier molecular flexibility index (Phi) is 29.3. The second kappa shape index (κ2) is 42.5. The lowest BCUT2D eigenvalue weighted by Crippen LogP contribution is -2.17. The molecule has 8 aromatic carbocycles. The number of nitrogens with one attached hydrogen (secondary N) is 5. The Hall–Kier alpha value is -19.1. The van der Waals surface area contributed by atoms with Gasteiger partial charge in [-0.15, -0.1) is 13.2 Å². The lowest BCUT2D eigenvalue weighted by atomic mass is 10.1. The molecule has 12 aromatic heterocycles. The molecule has 0 unspecified atom stereocenters. The molecule has 0 saturated heterocycles. The molecule has 27 nitrogen and oxygen atoms in total. The van der Waals surface area contributed by atoms with E-state index < -0.39 is 83.6 Å². The molecule has 0 bridgehead atoms. The molecule has 20 aromatic rings. The smallest absolute Gasteiger partial charge is 0.497 e. The number of nitriles is 1. The molecule has 0 radical (unpaired) electrons. The number of aromatic nitrogens is 16. The van der Waals surface area contributed by atoms with Crippen LogP contribution in [-0.4, -0.2) is 105 Å². The SMILES string of the molecule is COc1ccc(Nc2cc(C#N)cc(-c3c(C(F)(F)F)nc4ccccn34)n2)cc1.COc1ccc(Nc2cncc(-n3c(C(F)(F)F)nc4ccccc43)n2)cc1.FC(F)(F)Oc1ccc(Nc2cccc(-n3c(C(F)(F)F)nc4ccccc43)n2)cc1.FC(F)(F)c1ccc(Nc2cccc(-n3c(C(F)(F)F)nc4ccccc43)n2)cc1.[C-]#[N+]c1ccc(-c2c(C(F)(F)F)nc3ccccn23)nc1Nc1ccc(OC)cc1. The lowest BCUT2D eigenvalue weighted by Gasteiger charge is -2.13. The molecule has 20 rings (SSSR count). The quantitative estimate of drug-likeness (QED) is 0.0371. The van der Waals surface area contributed by atoms with Crippen molar-refractivity contribution in [2.24, 2.45) is 0 Å². The summed E-state index contributed by atoms with van der Waals surface area (Å²) in [6, 6.07) is 74.3. The van der Waals surface area contributed by atoms with E-state index in [0.717, 1.165) is 38.0 Å². The number of pyridine rings is 6. The summed E-state index contributed by atoms with van der Waals surface area (Å²) in [5.41, 5.74) is 1.24. The van der Waals surface area contributed by atoms with Crippen molar-refractivity contribution in [3.8, 4) is 69.3 Å².